The predicted molar refractivity (Wildman–Crippen MR) is 117 cm³/mol. The van der Waals surface area contributed by atoms with Gasteiger partial charge in [0.1, 0.15) is 4.90 Å². The summed E-state index contributed by atoms with van der Waals surface area (Å²) < 4.78 is 28.0. The van der Waals surface area contributed by atoms with Gasteiger partial charge in [0.05, 0.1) is 17.5 Å². The molecule has 0 radical (unpaired) electrons. The number of carbonyl (C=O) groups is 1. The number of amides is 1. The van der Waals surface area contributed by atoms with E-state index in [-0.39, 0.29) is 21.9 Å². The van der Waals surface area contributed by atoms with E-state index in [4.69, 9.17) is 16.9 Å². The van der Waals surface area contributed by atoms with Crippen molar-refractivity contribution in [2.24, 2.45) is 0 Å². The van der Waals surface area contributed by atoms with Gasteiger partial charge in [-0.15, -0.1) is 0 Å². The molecular formula is C22H18ClN3O3S. The predicted octanol–water partition coefficient (Wildman–Crippen LogP) is 4.77. The van der Waals surface area contributed by atoms with E-state index >= 15 is 0 Å². The number of anilines is 2. The zero-order valence-electron chi connectivity index (χ0n) is 16.0. The van der Waals surface area contributed by atoms with E-state index in [0.717, 1.165) is 11.1 Å². The van der Waals surface area contributed by atoms with Crippen LogP contribution in [-0.2, 0) is 16.4 Å². The molecule has 0 aliphatic heterocycles. The summed E-state index contributed by atoms with van der Waals surface area (Å²) in [6, 6.07) is 19.8. The highest BCUT2D eigenvalue weighted by molar-refractivity contribution is 7.92. The Kier molecular flexibility index (Phi) is 6.40. The van der Waals surface area contributed by atoms with Crippen molar-refractivity contribution in [1.82, 2.24) is 0 Å². The number of nitriles is 1. The van der Waals surface area contributed by atoms with Gasteiger partial charge in [0.2, 0.25) is 0 Å². The van der Waals surface area contributed by atoms with Crippen LogP contribution in [0.1, 0.15) is 21.5 Å². The van der Waals surface area contributed by atoms with Gasteiger partial charge in [-0.3, -0.25) is 9.52 Å². The largest absolute Gasteiger partial charge is 0.322 e. The molecule has 0 saturated carbocycles. The number of nitrogens with zero attached hydrogens (tertiary/aromatic N) is 1. The van der Waals surface area contributed by atoms with Crippen LogP contribution < -0.4 is 10.0 Å². The second kappa shape index (κ2) is 8.99. The molecular weight excluding hydrogens is 422 g/mol. The number of sulfonamides is 1. The van der Waals surface area contributed by atoms with Crippen molar-refractivity contribution in [3.63, 3.8) is 0 Å². The minimum absolute atomic E-state index is 0.00650. The SMILES string of the molecule is Cc1ccc(NS(=O)(=O)c2cc(C(=O)Nc3ccc(CC#N)cc3)ccc2Cl)cc1. The molecule has 1 amide bonds. The molecule has 152 valence electrons. The van der Waals surface area contributed by atoms with Gasteiger partial charge in [-0.05, 0) is 55.0 Å². The Hall–Kier alpha value is -3.34. The highest BCUT2D eigenvalue weighted by Crippen LogP contribution is 2.26. The summed E-state index contributed by atoms with van der Waals surface area (Å²) >= 11 is 6.11. The standard InChI is InChI=1S/C22H18ClN3O3S/c1-15-2-7-19(8-3-15)26-30(28,29)21-14-17(6-11-20(21)23)22(27)25-18-9-4-16(5-10-18)12-13-24/h2-11,14,26H,12H2,1H3,(H,25,27). The zero-order valence-corrected chi connectivity index (χ0v) is 17.6. The average molecular weight is 440 g/mol. The van der Waals surface area contributed by atoms with Crippen LogP contribution in [-0.4, -0.2) is 14.3 Å². The molecule has 0 fully saturated rings. The summed E-state index contributed by atoms with van der Waals surface area (Å²) in [5, 5.41) is 11.4. The highest BCUT2D eigenvalue weighted by atomic mass is 35.5. The van der Waals surface area contributed by atoms with Crippen molar-refractivity contribution in [2.75, 3.05) is 10.0 Å². The third-order valence-electron chi connectivity index (χ3n) is 4.28. The maximum absolute atomic E-state index is 12.8. The molecule has 3 aromatic carbocycles. The Bertz CT molecular complexity index is 1220. The van der Waals surface area contributed by atoms with Gasteiger partial charge in [0, 0.05) is 16.9 Å². The number of rotatable bonds is 6. The second-order valence-corrected chi connectivity index (χ2v) is 8.66. The van der Waals surface area contributed by atoms with E-state index in [9.17, 15) is 13.2 Å². The Labute approximate surface area is 180 Å². The molecule has 2 N–H and O–H groups in total. The lowest BCUT2D eigenvalue weighted by atomic mass is 10.1. The maximum Gasteiger partial charge on any atom is 0.263 e. The van der Waals surface area contributed by atoms with Crippen LogP contribution in [0.4, 0.5) is 11.4 Å². The summed E-state index contributed by atoms with van der Waals surface area (Å²) in [7, 11) is -3.99. The third-order valence-corrected chi connectivity index (χ3v) is 6.14. The first kappa shape index (κ1) is 21.4. The van der Waals surface area contributed by atoms with Crippen LogP contribution >= 0.6 is 11.6 Å². The van der Waals surface area contributed by atoms with Gasteiger partial charge in [0.25, 0.3) is 15.9 Å². The van der Waals surface area contributed by atoms with Gasteiger partial charge in [-0.25, -0.2) is 8.42 Å². The second-order valence-electron chi connectivity index (χ2n) is 6.60. The Morgan fingerprint density at radius 3 is 2.27 bits per heavy atom. The Morgan fingerprint density at radius 2 is 1.63 bits per heavy atom. The first-order valence-corrected chi connectivity index (χ1v) is 10.8. The van der Waals surface area contributed by atoms with Gasteiger partial charge in [-0.2, -0.15) is 5.26 Å². The van der Waals surface area contributed by atoms with Crippen LogP contribution in [0.2, 0.25) is 5.02 Å². The monoisotopic (exact) mass is 439 g/mol. The quantitative estimate of drug-likeness (QED) is 0.577. The van der Waals surface area contributed by atoms with E-state index in [0.29, 0.717) is 11.4 Å². The fourth-order valence-electron chi connectivity index (χ4n) is 2.68. The van der Waals surface area contributed by atoms with E-state index in [1.165, 1.54) is 18.2 Å². The lowest BCUT2D eigenvalue weighted by Crippen LogP contribution is -2.16. The summed E-state index contributed by atoms with van der Waals surface area (Å²) in [5.41, 5.74) is 2.89. The topological polar surface area (TPSA) is 99.1 Å². The van der Waals surface area contributed by atoms with E-state index in [1.807, 2.05) is 6.92 Å². The van der Waals surface area contributed by atoms with Crippen molar-refractivity contribution in [2.45, 2.75) is 18.2 Å². The van der Waals surface area contributed by atoms with E-state index in [1.54, 1.807) is 48.5 Å². The molecule has 8 heteroatoms. The molecule has 0 bridgehead atoms. The van der Waals surface area contributed by atoms with Crippen molar-refractivity contribution < 1.29 is 13.2 Å². The van der Waals surface area contributed by atoms with Crippen molar-refractivity contribution >= 4 is 38.9 Å². The summed E-state index contributed by atoms with van der Waals surface area (Å²) in [6.45, 7) is 1.90. The van der Waals surface area contributed by atoms with Crippen LogP contribution in [0, 0.1) is 18.3 Å². The van der Waals surface area contributed by atoms with Gasteiger partial charge >= 0.3 is 0 Å². The van der Waals surface area contributed by atoms with Crippen LogP contribution in [0.5, 0.6) is 0 Å². The summed E-state index contributed by atoms with van der Waals surface area (Å²) in [6.07, 6.45) is 0.278. The van der Waals surface area contributed by atoms with Crippen molar-refractivity contribution in [3.8, 4) is 6.07 Å². The molecule has 0 spiro atoms. The summed E-state index contributed by atoms with van der Waals surface area (Å²) in [5.74, 6) is -0.480. The lowest BCUT2D eigenvalue weighted by molar-refractivity contribution is 0.102. The fraction of sp³-hybridized carbons (Fsp3) is 0.0909. The minimum atomic E-state index is -3.99. The number of hydrogen-bond donors (Lipinski definition) is 2. The molecule has 3 rings (SSSR count). The molecule has 0 aliphatic rings. The summed E-state index contributed by atoms with van der Waals surface area (Å²) in [4.78, 5) is 12.4. The number of hydrogen-bond acceptors (Lipinski definition) is 4. The maximum atomic E-state index is 12.8. The molecule has 0 saturated heterocycles. The highest BCUT2D eigenvalue weighted by Gasteiger charge is 2.20. The number of carbonyl (C=O) groups excluding carboxylic acids is 1. The molecule has 3 aromatic rings. The molecule has 0 aromatic heterocycles. The first-order chi connectivity index (χ1) is 14.3. The minimum Gasteiger partial charge on any atom is -0.322 e. The van der Waals surface area contributed by atoms with Crippen molar-refractivity contribution in [1.29, 1.82) is 5.26 Å². The molecule has 0 unspecified atom stereocenters. The Morgan fingerprint density at radius 1 is 1.00 bits per heavy atom. The molecule has 6 nitrogen and oxygen atoms in total. The molecule has 0 heterocycles. The zero-order chi connectivity index (χ0) is 21.7. The fourth-order valence-corrected chi connectivity index (χ4v) is 4.27. The normalized spacial score (nSPS) is 10.8. The average Bonchev–Trinajstić information content (AvgIpc) is 2.71. The number of benzene rings is 3. The van der Waals surface area contributed by atoms with E-state index in [2.05, 4.69) is 16.1 Å². The van der Waals surface area contributed by atoms with Crippen LogP contribution in [0.15, 0.2) is 71.6 Å². The van der Waals surface area contributed by atoms with Gasteiger partial charge in [-0.1, -0.05) is 41.4 Å². The Balaban J connectivity index is 1.82. The van der Waals surface area contributed by atoms with Gasteiger partial charge in [0.15, 0.2) is 0 Å². The third kappa shape index (κ3) is 5.17. The first-order valence-electron chi connectivity index (χ1n) is 8.95. The molecule has 30 heavy (non-hydrogen) atoms. The van der Waals surface area contributed by atoms with E-state index < -0.39 is 15.9 Å². The van der Waals surface area contributed by atoms with Gasteiger partial charge < -0.3 is 5.32 Å². The van der Waals surface area contributed by atoms with Crippen LogP contribution in [0.3, 0.4) is 0 Å². The van der Waals surface area contributed by atoms with Crippen LogP contribution in [0.25, 0.3) is 0 Å². The number of aryl methyl sites for hydroxylation is 1. The molecule has 0 aliphatic carbocycles. The lowest BCUT2D eigenvalue weighted by Gasteiger charge is -2.12. The number of halogens is 1. The molecule has 0 atom stereocenters. The smallest absolute Gasteiger partial charge is 0.263 e. The van der Waals surface area contributed by atoms with Crippen molar-refractivity contribution in [3.05, 3.63) is 88.4 Å². The number of nitrogens with one attached hydrogen (secondary N) is 2.